The van der Waals surface area contributed by atoms with Gasteiger partial charge >= 0.3 is 0 Å². The molecule has 1 fully saturated rings. The fraction of sp³-hybridized carbons (Fsp3) is 0.600. The second-order valence-corrected chi connectivity index (χ2v) is 7.02. The van der Waals surface area contributed by atoms with Gasteiger partial charge in [-0.05, 0) is 43.7 Å². The summed E-state index contributed by atoms with van der Waals surface area (Å²) >= 11 is 0. The summed E-state index contributed by atoms with van der Waals surface area (Å²) in [7, 11) is 0. The van der Waals surface area contributed by atoms with Crippen molar-refractivity contribution in [3.63, 3.8) is 0 Å². The third kappa shape index (κ3) is 5.05. The first kappa shape index (κ1) is 17.9. The van der Waals surface area contributed by atoms with Gasteiger partial charge in [0.2, 0.25) is 5.90 Å². The number of aryl methyl sites for hydroxylation is 2. The molecule has 2 heterocycles. The molecule has 3 rings (SSSR count). The number of rotatable bonds is 7. The number of hydrogen-bond acceptors (Lipinski definition) is 5. The Bertz CT molecular complexity index is 650. The van der Waals surface area contributed by atoms with Crippen LogP contribution in [0.25, 0.3) is 0 Å². The normalized spacial score (nSPS) is 18.0. The van der Waals surface area contributed by atoms with Crippen molar-refractivity contribution in [3.05, 3.63) is 34.8 Å². The molecule has 136 valence electrons. The van der Waals surface area contributed by atoms with Crippen molar-refractivity contribution in [2.24, 2.45) is 5.92 Å². The summed E-state index contributed by atoms with van der Waals surface area (Å²) in [6.07, 6.45) is 7.94. The van der Waals surface area contributed by atoms with E-state index in [0.717, 1.165) is 41.9 Å². The predicted molar refractivity (Wildman–Crippen MR) is 100 cm³/mol. The van der Waals surface area contributed by atoms with Gasteiger partial charge in [0.25, 0.3) is 0 Å². The molecule has 0 atom stereocenters. The number of ether oxygens (including phenoxy) is 2. The third-order valence-electron chi connectivity index (χ3n) is 4.76. The van der Waals surface area contributed by atoms with E-state index in [1.54, 1.807) is 0 Å². The Morgan fingerprint density at radius 2 is 2.16 bits per heavy atom. The highest BCUT2D eigenvalue weighted by Gasteiger charge is 2.24. The second kappa shape index (κ2) is 8.48. The van der Waals surface area contributed by atoms with Crippen molar-refractivity contribution >= 4 is 11.6 Å². The quantitative estimate of drug-likeness (QED) is 0.574. The molecule has 5 heteroatoms. The Balaban J connectivity index is 1.74. The molecule has 2 aliphatic rings. The van der Waals surface area contributed by atoms with Crippen molar-refractivity contribution in [1.82, 2.24) is 4.98 Å². The summed E-state index contributed by atoms with van der Waals surface area (Å²) in [5, 5.41) is 11.8. The largest absolute Gasteiger partial charge is 0.478 e. The van der Waals surface area contributed by atoms with E-state index in [-0.39, 0.29) is 0 Å². The Kier molecular flexibility index (Phi) is 6.08. The molecule has 25 heavy (non-hydrogen) atoms. The maximum absolute atomic E-state index is 8.34. The minimum atomic E-state index is 0.298. The van der Waals surface area contributed by atoms with E-state index < -0.39 is 0 Å². The van der Waals surface area contributed by atoms with Crippen LogP contribution in [-0.4, -0.2) is 30.7 Å². The maximum Gasteiger partial charge on any atom is 0.210 e. The van der Waals surface area contributed by atoms with Gasteiger partial charge in [0.15, 0.2) is 0 Å². The zero-order valence-corrected chi connectivity index (χ0v) is 15.4. The Morgan fingerprint density at radius 3 is 2.88 bits per heavy atom. The molecule has 1 aromatic heterocycles. The molecule has 0 aromatic carbocycles. The zero-order valence-electron chi connectivity index (χ0n) is 15.4. The Morgan fingerprint density at radius 1 is 1.36 bits per heavy atom. The number of nitrogens with one attached hydrogen (secondary N) is 2. The number of nitrogens with zero attached hydrogens (tertiary/aromatic N) is 1. The fourth-order valence-electron chi connectivity index (χ4n) is 3.06. The van der Waals surface area contributed by atoms with Crippen LogP contribution in [0, 0.1) is 18.3 Å². The number of pyridine rings is 1. The molecule has 0 bridgehead atoms. The summed E-state index contributed by atoms with van der Waals surface area (Å²) < 4.78 is 11.3. The average Bonchev–Trinajstić information content (AvgIpc) is 3.43. The summed E-state index contributed by atoms with van der Waals surface area (Å²) in [6.45, 7) is 6.26. The van der Waals surface area contributed by atoms with Crippen molar-refractivity contribution in [2.45, 2.75) is 52.4 Å². The average molecular weight is 343 g/mol. The highest BCUT2D eigenvalue weighted by Crippen LogP contribution is 2.30. The number of aromatic nitrogens is 1. The first-order valence-corrected chi connectivity index (χ1v) is 9.41. The Hall–Kier alpha value is -1.88. The summed E-state index contributed by atoms with van der Waals surface area (Å²) in [4.78, 5) is 4.59. The maximum atomic E-state index is 8.34. The zero-order chi connectivity index (χ0) is 17.6. The molecule has 2 N–H and O–H groups in total. The molecular weight excluding hydrogens is 314 g/mol. The second-order valence-electron chi connectivity index (χ2n) is 7.02. The van der Waals surface area contributed by atoms with Crippen LogP contribution in [0.5, 0.6) is 0 Å². The monoisotopic (exact) mass is 343 g/mol. The molecular formula is C20H29N3O2. The summed E-state index contributed by atoms with van der Waals surface area (Å²) in [5.74, 6) is 0.949. The minimum absolute atomic E-state index is 0.298. The van der Waals surface area contributed by atoms with Gasteiger partial charge in [0.05, 0.1) is 31.7 Å². The lowest BCUT2D eigenvalue weighted by atomic mass is 10.1. The lowest BCUT2D eigenvalue weighted by Gasteiger charge is -2.16. The molecule has 1 saturated carbocycles. The van der Waals surface area contributed by atoms with Gasteiger partial charge in [0, 0.05) is 29.8 Å². The van der Waals surface area contributed by atoms with Gasteiger partial charge in [0.1, 0.15) is 0 Å². The van der Waals surface area contributed by atoms with E-state index in [1.807, 2.05) is 6.20 Å². The smallest absolute Gasteiger partial charge is 0.210 e. The standard InChI is InChI=1S/C20H29N3O2/c1-3-4-18-14(2)11-16(12-22-18)23-19-8-10-24-9-7-17(19)20(21)25-13-15-5-6-15/h11-12,15,21,23H,3-10,13H2,1-2H3. The van der Waals surface area contributed by atoms with Crippen molar-refractivity contribution in [2.75, 3.05) is 25.1 Å². The van der Waals surface area contributed by atoms with E-state index >= 15 is 0 Å². The van der Waals surface area contributed by atoms with Gasteiger partial charge in [-0.1, -0.05) is 13.3 Å². The van der Waals surface area contributed by atoms with E-state index in [0.29, 0.717) is 38.1 Å². The molecule has 0 amide bonds. The van der Waals surface area contributed by atoms with E-state index in [2.05, 4.69) is 30.2 Å². The van der Waals surface area contributed by atoms with Crippen molar-refractivity contribution in [3.8, 4) is 0 Å². The van der Waals surface area contributed by atoms with Gasteiger partial charge in [-0.3, -0.25) is 10.4 Å². The van der Waals surface area contributed by atoms with Crippen LogP contribution in [0.4, 0.5) is 5.69 Å². The molecule has 5 nitrogen and oxygen atoms in total. The lowest BCUT2D eigenvalue weighted by Crippen LogP contribution is -2.15. The van der Waals surface area contributed by atoms with Gasteiger partial charge in [-0.15, -0.1) is 0 Å². The van der Waals surface area contributed by atoms with Crippen LogP contribution >= 0.6 is 0 Å². The molecule has 0 spiro atoms. The van der Waals surface area contributed by atoms with E-state index in [9.17, 15) is 0 Å². The van der Waals surface area contributed by atoms with Crippen LogP contribution in [0.3, 0.4) is 0 Å². The molecule has 1 aliphatic heterocycles. The first-order chi connectivity index (χ1) is 12.2. The first-order valence-electron chi connectivity index (χ1n) is 9.41. The highest BCUT2D eigenvalue weighted by atomic mass is 16.5. The summed E-state index contributed by atoms with van der Waals surface area (Å²) in [5.41, 5.74) is 5.31. The lowest BCUT2D eigenvalue weighted by molar-refractivity contribution is 0.146. The number of anilines is 1. The van der Waals surface area contributed by atoms with E-state index in [4.69, 9.17) is 14.9 Å². The van der Waals surface area contributed by atoms with Gasteiger partial charge < -0.3 is 14.8 Å². The summed E-state index contributed by atoms with van der Waals surface area (Å²) in [6, 6.07) is 2.14. The SMILES string of the molecule is CCCc1ncc(NC2=C(C(=N)OCC3CC3)CCOCC2)cc1C. The predicted octanol–water partition coefficient (Wildman–Crippen LogP) is 4.22. The molecule has 0 radical (unpaired) electrons. The van der Waals surface area contributed by atoms with Crippen LogP contribution in [0.15, 0.2) is 23.5 Å². The Labute approximate surface area is 150 Å². The topological polar surface area (TPSA) is 67.2 Å². The fourth-order valence-corrected chi connectivity index (χ4v) is 3.06. The minimum Gasteiger partial charge on any atom is -0.478 e. The molecule has 0 unspecified atom stereocenters. The van der Waals surface area contributed by atoms with Gasteiger partial charge in [-0.25, -0.2) is 0 Å². The molecule has 1 aliphatic carbocycles. The molecule has 1 aromatic rings. The third-order valence-corrected chi connectivity index (χ3v) is 4.76. The van der Waals surface area contributed by atoms with Crippen LogP contribution in [0.1, 0.15) is 50.3 Å². The van der Waals surface area contributed by atoms with E-state index in [1.165, 1.54) is 18.4 Å². The van der Waals surface area contributed by atoms with Crippen LogP contribution in [-0.2, 0) is 15.9 Å². The van der Waals surface area contributed by atoms with Crippen LogP contribution < -0.4 is 5.32 Å². The number of hydrogen-bond donors (Lipinski definition) is 2. The van der Waals surface area contributed by atoms with Crippen LogP contribution in [0.2, 0.25) is 0 Å². The van der Waals surface area contributed by atoms with Crippen molar-refractivity contribution in [1.29, 1.82) is 5.41 Å². The van der Waals surface area contributed by atoms with Crippen molar-refractivity contribution < 1.29 is 9.47 Å². The molecule has 0 saturated heterocycles. The van der Waals surface area contributed by atoms with Gasteiger partial charge in [-0.2, -0.15) is 0 Å². The highest BCUT2D eigenvalue weighted by molar-refractivity contribution is 5.92.